The molecule has 3 aromatic rings. The fourth-order valence-corrected chi connectivity index (χ4v) is 2.74. The predicted molar refractivity (Wildman–Crippen MR) is 74.0 cm³/mol. The first-order valence-electron chi connectivity index (χ1n) is 6.81. The van der Waals surface area contributed by atoms with Crippen LogP contribution in [0.4, 0.5) is 0 Å². The first-order valence-corrected chi connectivity index (χ1v) is 6.81. The zero-order valence-corrected chi connectivity index (χ0v) is 10.9. The highest BCUT2D eigenvalue weighted by Gasteiger charge is 2.21. The molecule has 102 valence electrons. The van der Waals surface area contributed by atoms with Gasteiger partial charge in [0, 0.05) is 19.1 Å². The van der Waals surface area contributed by atoms with Gasteiger partial charge in [0.1, 0.15) is 5.76 Å². The first-order chi connectivity index (χ1) is 9.83. The minimum Gasteiger partial charge on any atom is -0.428 e. The van der Waals surface area contributed by atoms with E-state index in [2.05, 4.69) is 4.98 Å². The second-order valence-corrected chi connectivity index (χ2v) is 5.11. The van der Waals surface area contributed by atoms with Crippen molar-refractivity contribution < 1.29 is 9.15 Å². The van der Waals surface area contributed by atoms with Gasteiger partial charge in [0.05, 0.1) is 17.1 Å². The average molecular weight is 270 g/mol. The summed E-state index contributed by atoms with van der Waals surface area (Å²) in [6.07, 6.45) is 3.63. The largest absolute Gasteiger partial charge is 0.428 e. The molecule has 2 aromatic heterocycles. The lowest BCUT2D eigenvalue weighted by molar-refractivity contribution is 0.0810. The highest BCUT2D eigenvalue weighted by atomic mass is 16.5. The van der Waals surface area contributed by atoms with Gasteiger partial charge in [-0.25, -0.2) is 4.40 Å². The summed E-state index contributed by atoms with van der Waals surface area (Å²) in [7, 11) is 0. The van der Waals surface area contributed by atoms with E-state index in [4.69, 9.17) is 9.15 Å². The van der Waals surface area contributed by atoms with Crippen LogP contribution in [-0.4, -0.2) is 22.6 Å². The van der Waals surface area contributed by atoms with Crippen molar-refractivity contribution in [2.75, 3.05) is 13.2 Å². The van der Waals surface area contributed by atoms with Crippen molar-refractivity contribution in [3.8, 4) is 0 Å². The summed E-state index contributed by atoms with van der Waals surface area (Å²) in [5.41, 5.74) is 0.595. The van der Waals surface area contributed by atoms with Crippen LogP contribution < -0.4 is 5.56 Å². The Bertz CT molecular complexity index is 828. The van der Waals surface area contributed by atoms with Gasteiger partial charge in [0.15, 0.2) is 0 Å². The van der Waals surface area contributed by atoms with E-state index in [-0.39, 0.29) is 5.56 Å². The maximum atomic E-state index is 12.4. The summed E-state index contributed by atoms with van der Waals surface area (Å²) in [4.78, 5) is 16.8. The van der Waals surface area contributed by atoms with Crippen LogP contribution >= 0.6 is 0 Å². The third-order valence-electron chi connectivity index (χ3n) is 3.86. The Morgan fingerprint density at radius 3 is 2.85 bits per heavy atom. The second kappa shape index (κ2) is 4.45. The lowest BCUT2D eigenvalue weighted by Crippen LogP contribution is -2.14. The average Bonchev–Trinajstić information content (AvgIpc) is 2.93. The molecule has 5 nitrogen and oxygen atoms in total. The molecule has 0 bridgehead atoms. The number of benzene rings is 1. The van der Waals surface area contributed by atoms with Gasteiger partial charge in [-0.2, -0.15) is 4.98 Å². The van der Waals surface area contributed by atoms with E-state index in [0.29, 0.717) is 22.7 Å². The lowest BCUT2D eigenvalue weighted by Gasteiger charge is -2.19. The summed E-state index contributed by atoms with van der Waals surface area (Å²) in [6, 6.07) is 7.33. The molecule has 0 unspecified atom stereocenters. The highest BCUT2D eigenvalue weighted by Crippen LogP contribution is 2.28. The normalized spacial score (nSPS) is 17.0. The van der Waals surface area contributed by atoms with Gasteiger partial charge in [-0.1, -0.05) is 12.1 Å². The fourth-order valence-electron chi connectivity index (χ4n) is 2.74. The van der Waals surface area contributed by atoms with Crippen LogP contribution in [0.15, 0.2) is 39.7 Å². The first kappa shape index (κ1) is 11.7. The topological polar surface area (TPSA) is 56.7 Å². The number of hydrogen-bond donors (Lipinski definition) is 0. The minimum atomic E-state index is -0.0762. The molecule has 0 N–H and O–H groups in total. The number of aromatic nitrogens is 2. The molecule has 1 fully saturated rings. The number of nitrogens with zero attached hydrogens (tertiary/aromatic N) is 2. The molecule has 0 saturated carbocycles. The van der Waals surface area contributed by atoms with E-state index in [1.807, 2.05) is 18.2 Å². The van der Waals surface area contributed by atoms with E-state index in [9.17, 15) is 4.79 Å². The summed E-state index contributed by atoms with van der Waals surface area (Å²) in [6.45, 7) is 1.48. The summed E-state index contributed by atoms with van der Waals surface area (Å²) in [5.74, 6) is 1.51. The Labute approximate surface area is 114 Å². The number of hydrogen-bond acceptors (Lipinski definition) is 4. The predicted octanol–water partition coefficient (Wildman–Crippen LogP) is 2.33. The minimum absolute atomic E-state index is 0.0762. The van der Waals surface area contributed by atoms with Crippen LogP contribution in [0.3, 0.4) is 0 Å². The standard InChI is InChI=1S/C15H14N2O3/c18-14-11-3-1-2-4-12(11)16-15-17(14)9-13(20-15)10-5-7-19-8-6-10/h1-4,9-10H,5-8H2. The zero-order valence-electron chi connectivity index (χ0n) is 10.9. The number of oxazole rings is 1. The molecule has 1 aliphatic heterocycles. The van der Waals surface area contributed by atoms with E-state index in [0.717, 1.165) is 31.8 Å². The van der Waals surface area contributed by atoms with Gasteiger partial charge in [-0.05, 0) is 25.0 Å². The monoisotopic (exact) mass is 270 g/mol. The Morgan fingerprint density at radius 1 is 1.20 bits per heavy atom. The molecule has 5 heteroatoms. The Morgan fingerprint density at radius 2 is 2.00 bits per heavy atom. The summed E-state index contributed by atoms with van der Waals surface area (Å²) < 4.78 is 12.7. The molecule has 0 radical (unpaired) electrons. The molecule has 1 aromatic carbocycles. The van der Waals surface area contributed by atoms with Crippen LogP contribution in [0.5, 0.6) is 0 Å². The molecule has 1 saturated heterocycles. The molecule has 0 spiro atoms. The molecule has 4 rings (SSSR count). The molecule has 0 aliphatic carbocycles. The van der Waals surface area contributed by atoms with Crippen LogP contribution in [0, 0.1) is 0 Å². The number of para-hydroxylation sites is 1. The Balaban J connectivity index is 1.92. The number of fused-ring (bicyclic) bond motifs is 2. The smallest absolute Gasteiger partial charge is 0.309 e. The molecule has 0 atom stereocenters. The molecule has 1 aliphatic rings. The van der Waals surface area contributed by atoms with Gasteiger partial charge in [0.25, 0.3) is 5.56 Å². The maximum Gasteiger partial charge on any atom is 0.309 e. The van der Waals surface area contributed by atoms with Gasteiger partial charge >= 0.3 is 5.84 Å². The van der Waals surface area contributed by atoms with Crippen molar-refractivity contribution in [3.63, 3.8) is 0 Å². The van der Waals surface area contributed by atoms with Gasteiger partial charge in [-0.15, -0.1) is 0 Å². The molecule has 20 heavy (non-hydrogen) atoms. The highest BCUT2D eigenvalue weighted by molar-refractivity contribution is 5.78. The van der Waals surface area contributed by atoms with E-state index in [1.54, 1.807) is 12.3 Å². The number of ether oxygens (including phenoxy) is 1. The van der Waals surface area contributed by atoms with Crippen molar-refractivity contribution in [2.45, 2.75) is 18.8 Å². The lowest BCUT2D eigenvalue weighted by atomic mass is 9.98. The van der Waals surface area contributed by atoms with Crippen LogP contribution in [-0.2, 0) is 4.74 Å². The van der Waals surface area contributed by atoms with Crippen molar-refractivity contribution in [2.24, 2.45) is 0 Å². The molecule has 3 heterocycles. The van der Waals surface area contributed by atoms with Crippen molar-refractivity contribution >= 4 is 16.7 Å². The quantitative estimate of drug-likeness (QED) is 0.681. The number of rotatable bonds is 1. The third kappa shape index (κ3) is 1.74. The maximum absolute atomic E-state index is 12.4. The van der Waals surface area contributed by atoms with Gasteiger partial charge < -0.3 is 9.15 Å². The van der Waals surface area contributed by atoms with Crippen molar-refractivity contribution in [1.82, 2.24) is 9.38 Å². The molecule has 0 amide bonds. The SMILES string of the molecule is O=c1c2ccccc2nc2oc(C3CCOCC3)cn12. The van der Waals surface area contributed by atoms with E-state index >= 15 is 0 Å². The summed E-state index contributed by atoms with van der Waals surface area (Å²) >= 11 is 0. The van der Waals surface area contributed by atoms with E-state index in [1.165, 1.54) is 4.40 Å². The van der Waals surface area contributed by atoms with Gasteiger partial charge in [-0.3, -0.25) is 4.79 Å². The Kier molecular flexibility index (Phi) is 2.60. The van der Waals surface area contributed by atoms with Crippen LogP contribution in [0.25, 0.3) is 16.7 Å². The van der Waals surface area contributed by atoms with Crippen molar-refractivity contribution in [3.05, 3.63) is 46.6 Å². The van der Waals surface area contributed by atoms with E-state index < -0.39 is 0 Å². The fraction of sp³-hybridized carbons (Fsp3) is 0.333. The second-order valence-electron chi connectivity index (χ2n) is 5.11. The van der Waals surface area contributed by atoms with Crippen molar-refractivity contribution in [1.29, 1.82) is 0 Å². The van der Waals surface area contributed by atoms with Crippen LogP contribution in [0.1, 0.15) is 24.5 Å². The zero-order chi connectivity index (χ0) is 13.5. The molecular formula is C15H14N2O3. The Hall–Kier alpha value is -2.14. The summed E-state index contributed by atoms with van der Waals surface area (Å²) in [5, 5.41) is 0.615. The third-order valence-corrected chi connectivity index (χ3v) is 3.86. The van der Waals surface area contributed by atoms with Gasteiger partial charge in [0.2, 0.25) is 0 Å². The van der Waals surface area contributed by atoms with Crippen LogP contribution in [0.2, 0.25) is 0 Å². The molecular weight excluding hydrogens is 256 g/mol.